The number of aryl methyl sites for hydroxylation is 2. The molecule has 2 aliphatic heterocycles. The normalized spacial score (nSPS) is 17.2. The first kappa shape index (κ1) is 25.4. The quantitative estimate of drug-likeness (QED) is 0.470. The van der Waals surface area contributed by atoms with E-state index in [9.17, 15) is 17.6 Å². The SMILES string of the molecule is Cc1cc(F)cnc1C1c2c(nc3n2CCCC3)CCN1C(=O)COc1ccc(NS(C)(=O)=O)nc1Cl. The van der Waals surface area contributed by atoms with Gasteiger partial charge < -0.3 is 14.2 Å². The van der Waals surface area contributed by atoms with Crippen LogP contribution in [0, 0.1) is 12.7 Å². The number of amides is 1. The van der Waals surface area contributed by atoms with Crippen LogP contribution in [0.25, 0.3) is 0 Å². The van der Waals surface area contributed by atoms with Gasteiger partial charge in [-0.3, -0.25) is 14.5 Å². The monoisotopic (exact) mass is 548 g/mol. The number of carbonyl (C=O) groups excluding carboxylic acids is 1. The van der Waals surface area contributed by atoms with Crippen molar-refractivity contribution in [3.8, 4) is 5.75 Å². The van der Waals surface area contributed by atoms with Crippen LogP contribution in [0.15, 0.2) is 24.4 Å². The van der Waals surface area contributed by atoms with E-state index in [0.29, 0.717) is 24.2 Å². The molecule has 5 rings (SSSR count). The molecule has 1 atom stereocenters. The summed E-state index contributed by atoms with van der Waals surface area (Å²) in [5.41, 5.74) is 3.11. The van der Waals surface area contributed by atoms with Crippen LogP contribution in [0.2, 0.25) is 5.15 Å². The molecule has 0 aromatic carbocycles. The zero-order valence-electron chi connectivity index (χ0n) is 20.4. The summed E-state index contributed by atoms with van der Waals surface area (Å²) in [7, 11) is -3.52. The Morgan fingerprint density at radius 3 is 2.78 bits per heavy atom. The number of carbonyl (C=O) groups is 1. The van der Waals surface area contributed by atoms with E-state index in [4.69, 9.17) is 21.3 Å². The highest BCUT2D eigenvalue weighted by Gasteiger charge is 2.39. The summed E-state index contributed by atoms with van der Waals surface area (Å²) in [6, 6.07) is 3.73. The molecule has 5 heterocycles. The molecular formula is C24H26ClFN6O4S. The first-order chi connectivity index (χ1) is 17.6. The van der Waals surface area contributed by atoms with Gasteiger partial charge in [0, 0.05) is 25.9 Å². The van der Waals surface area contributed by atoms with Crippen LogP contribution in [0.3, 0.4) is 0 Å². The Hall–Kier alpha value is -3.25. The molecule has 0 saturated carbocycles. The van der Waals surface area contributed by atoms with Gasteiger partial charge in [-0.25, -0.2) is 22.8 Å². The second-order valence-electron chi connectivity index (χ2n) is 9.21. The smallest absolute Gasteiger partial charge is 0.261 e. The summed E-state index contributed by atoms with van der Waals surface area (Å²) in [5, 5.41) is -0.0835. The van der Waals surface area contributed by atoms with Crippen LogP contribution >= 0.6 is 11.6 Å². The van der Waals surface area contributed by atoms with Crippen molar-refractivity contribution in [1.82, 2.24) is 24.4 Å². The summed E-state index contributed by atoms with van der Waals surface area (Å²) >= 11 is 6.17. The number of nitrogens with one attached hydrogen (secondary N) is 1. The Bertz CT molecular complexity index is 1480. The van der Waals surface area contributed by atoms with E-state index in [1.165, 1.54) is 24.4 Å². The van der Waals surface area contributed by atoms with Gasteiger partial charge in [-0.2, -0.15) is 0 Å². The van der Waals surface area contributed by atoms with Crippen molar-refractivity contribution in [2.45, 2.75) is 45.2 Å². The lowest BCUT2D eigenvalue weighted by Crippen LogP contribution is -2.44. The third-order valence-corrected chi connectivity index (χ3v) is 7.33. The van der Waals surface area contributed by atoms with Gasteiger partial charge in [0.1, 0.15) is 23.5 Å². The van der Waals surface area contributed by atoms with Crippen molar-refractivity contribution in [3.63, 3.8) is 0 Å². The van der Waals surface area contributed by atoms with Crippen LogP contribution in [0.1, 0.15) is 47.4 Å². The number of hydrogen-bond donors (Lipinski definition) is 1. The highest BCUT2D eigenvalue weighted by molar-refractivity contribution is 7.92. The van der Waals surface area contributed by atoms with E-state index in [0.717, 1.165) is 49.3 Å². The summed E-state index contributed by atoms with van der Waals surface area (Å²) < 4.78 is 46.9. The molecule has 1 amide bonds. The first-order valence-electron chi connectivity index (χ1n) is 11.9. The lowest BCUT2D eigenvalue weighted by atomic mass is 9.96. The maximum Gasteiger partial charge on any atom is 0.261 e. The molecule has 0 saturated heterocycles. The number of halogens is 2. The number of sulfonamides is 1. The van der Waals surface area contributed by atoms with E-state index in [-0.39, 0.29) is 29.2 Å². The summed E-state index contributed by atoms with van der Waals surface area (Å²) in [5.74, 6) is 0.443. The maximum atomic E-state index is 13.9. The zero-order chi connectivity index (χ0) is 26.3. The molecule has 37 heavy (non-hydrogen) atoms. The van der Waals surface area contributed by atoms with Gasteiger partial charge in [-0.15, -0.1) is 0 Å². The van der Waals surface area contributed by atoms with Crippen molar-refractivity contribution in [1.29, 1.82) is 0 Å². The van der Waals surface area contributed by atoms with Crippen LogP contribution in [-0.2, 0) is 34.2 Å². The predicted molar refractivity (Wildman–Crippen MR) is 135 cm³/mol. The second kappa shape index (κ2) is 9.90. The molecule has 1 N–H and O–H groups in total. The number of imidazole rings is 1. The Labute approximate surface area is 218 Å². The molecular weight excluding hydrogens is 523 g/mol. The van der Waals surface area contributed by atoms with Crippen LogP contribution < -0.4 is 9.46 Å². The third-order valence-electron chi connectivity index (χ3n) is 6.47. The van der Waals surface area contributed by atoms with Crippen LogP contribution in [0.5, 0.6) is 5.75 Å². The molecule has 0 radical (unpaired) electrons. The Morgan fingerprint density at radius 2 is 2.05 bits per heavy atom. The van der Waals surface area contributed by atoms with Crippen LogP contribution in [-0.4, -0.2) is 58.2 Å². The number of rotatable bonds is 6. The molecule has 13 heteroatoms. The van der Waals surface area contributed by atoms with Crippen molar-refractivity contribution in [2.24, 2.45) is 0 Å². The Kier molecular flexibility index (Phi) is 6.80. The number of aromatic nitrogens is 4. The molecule has 0 bridgehead atoms. The highest BCUT2D eigenvalue weighted by Crippen LogP contribution is 2.38. The number of hydrogen-bond acceptors (Lipinski definition) is 7. The topological polar surface area (TPSA) is 119 Å². The molecule has 196 valence electrons. The lowest BCUT2D eigenvalue weighted by molar-refractivity contribution is -0.135. The average molecular weight is 549 g/mol. The molecule has 3 aromatic heterocycles. The van der Waals surface area contributed by atoms with E-state index < -0.39 is 21.9 Å². The second-order valence-corrected chi connectivity index (χ2v) is 11.3. The molecule has 0 aliphatic carbocycles. The van der Waals surface area contributed by atoms with Gasteiger partial charge in [-0.1, -0.05) is 11.6 Å². The first-order valence-corrected chi connectivity index (χ1v) is 14.1. The minimum Gasteiger partial charge on any atom is -0.481 e. The van der Waals surface area contributed by atoms with Gasteiger partial charge in [0.2, 0.25) is 10.0 Å². The van der Waals surface area contributed by atoms with Gasteiger partial charge in [-0.05, 0) is 43.5 Å². The van der Waals surface area contributed by atoms with Crippen molar-refractivity contribution in [3.05, 3.63) is 63.8 Å². The van der Waals surface area contributed by atoms with E-state index in [1.54, 1.807) is 11.8 Å². The molecule has 0 fully saturated rings. The van der Waals surface area contributed by atoms with Gasteiger partial charge in [0.25, 0.3) is 5.91 Å². The number of nitrogens with zero attached hydrogens (tertiary/aromatic N) is 5. The standard InChI is InChI=1S/C24H26ClFN6O4S/c1-14-11-15(26)12-27-21(14)23-22-16(28-19-5-3-4-9-31(19)22)8-10-32(23)20(33)13-36-17-6-7-18(29-24(17)25)30-37(2,34)35/h6-7,11-12,23H,3-5,8-10,13H2,1-2H3,(H,29,30). The maximum absolute atomic E-state index is 13.9. The van der Waals surface area contributed by atoms with Gasteiger partial charge in [0.15, 0.2) is 17.5 Å². The Balaban J connectivity index is 1.43. The Morgan fingerprint density at radius 1 is 1.24 bits per heavy atom. The predicted octanol–water partition coefficient (Wildman–Crippen LogP) is 3.03. The number of pyridine rings is 2. The molecule has 10 nitrogen and oxygen atoms in total. The van der Waals surface area contributed by atoms with E-state index in [1.807, 2.05) is 0 Å². The fourth-order valence-corrected chi connectivity index (χ4v) is 5.64. The summed E-state index contributed by atoms with van der Waals surface area (Å²) in [6.45, 7) is 2.66. The lowest BCUT2D eigenvalue weighted by Gasteiger charge is -2.37. The van der Waals surface area contributed by atoms with E-state index >= 15 is 0 Å². The van der Waals surface area contributed by atoms with Crippen molar-refractivity contribution < 1.29 is 22.3 Å². The number of anilines is 1. The minimum atomic E-state index is -3.52. The van der Waals surface area contributed by atoms with Crippen LogP contribution in [0.4, 0.5) is 10.2 Å². The molecule has 0 spiro atoms. The molecule has 1 unspecified atom stereocenters. The largest absolute Gasteiger partial charge is 0.481 e. The van der Waals surface area contributed by atoms with Crippen molar-refractivity contribution >= 4 is 33.3 Å². The summed E-state index contributed by atoms with van der Waals surface area (Å²) in [4.78, 5) is 28.4. The average Bonchev–Trinajstić information content (AvgIpc) is 3.21. The molecule has 3 aromatic rings. The van der Waals surface area contributed by atoms with Gasteiger partial charge in [0.05, 0.1) is 29.5 Å². The molecule has 2 aliphatic rings. The van der Waals surface area contributed by atoms with Gasteiger partial charge >= 0.3 is 0 Å². The summed E-state index contributed by atoms with van der Waals surface area (Å²) in [6.07, 6.45) is 5.72. The number of fused-ring (bicyclic) bond motifs is 3. The number of ether oxygens (including phenoxy) is 1. The highest BCUT2D eigenvalue weighted by atomic mass is 35.5. The fraction of sp³-hybridized carbons (Fsp3) is 0.417. The minimum absolute atomic E-state index is 0.0400. The van der Waals surface area contributed by atoms with E-state index in [2.05, 4.69) is 19.3 Å². The third kappa shape index (κ3) is 5.26. The zero-order valence-corrected chi connectivity index (χ0v) is 21.9. The fourth-order valence-electron chi connectivity index (χ4n) is 4.94. The van der Waals surface area contributed by atoms with Crippen molar-refractivity contribution in [2.75, 3.05) is 24.1 Å².